The molecule has 2 aliphatic rings. The van der Waals surface area contributed by atoms with Gasteiger partial charge in [0.1, 0.15) is 0 Å². The lowest BCUT2D eigenvalue weighted by Crippen LogP contribution is -2.16. The molecule has 13 heavy (non-hydrogen) atoms. The van der Waals surface area contributed by atoms with Crippen LogP contribution in [-0.4, -0.2) is 0 Å². The first-order valence-corrected chi connectivity index (χ1v) is 5.60. The lowest BCUT2D eigenvalue weighted by Gasteiger charge is -2.19. The molecule has 0 saturated heterocycles. The molecule has 0 spiro atoms. The molecule has 1 heteroatoms. The molecule has 72 valence electrons. The predicted octanol–water partition coefficient (Wildman–Crippen LogP) is 3.49. The Morgan fingerprint density at radius 3 is 1.69 bits per heavy atom. The van der Waals surface area contributed by atoms with Gasteiger partial charge in [0.25, 0.3) is 0 Å². The summed E-state index contributed by atoms with van der Waals surface area (Å²) in [4.78, 5) is 0. The standard InChI is InChI=1S/C12H19N/c1-3-7-11(8-4-1)13-12-9-5-2-6-10-12/h7,9,13H,1-6,8,10H2. The highest BCUT2D eigenvalue weighted by atomic mass is 14.9. The van der Waals surface area contributed by atoms with Crippen molar-refractivity contribution in [1.29, 1.82) is 0 Å². The van der Waals surface area contributed by atoms with Crippen LogP contribution in [0.25, 0.3) is 0 Å². The van der Waals surface area contributed by atoms with Crippen molar-refractivity contribution in [3.8, 4) is 0 Å². The maximum absolute atomic E-state index is 3.58. The van der Waals surface area contributed by atoms with Gasteiger partial charge in [0.15, 0.2) is 0 Å². The van der Waals surface area contributed by atoms with Crippen LogP contribution in [0.5, 0.6) is 0 Å². The largest absolute Gasteiger partial charge is 0.363 e. The average molecular weight is 177 g/mol. The molecule has 0 saturated carbocycles. The maximum Gasteiger partial charge on any atom is 0.0108 e. The quantitative estimate of drug-likeness (QED) is 0.680. The zero-order valence-corrected chi connectivity index (χ0v) is 8.31. The van der Waals surface area contributed by atoms with Crippen LogP contribution in [0.3, 0.4) is 0 Å². The lowest BCUT2D eigenvalue weighted by molar-refractivity contribution is 0.626. The zero-order chi connectivity index (χ0) is 8.93. The Bertz CT molecular complexity index is 201. The Morgan fingerprint density at radius 1 is 0.769 bits per heavy atom. The molecule has 1 nitrogen and oxygen atoms in total. The van der Waals surface area contributed by atoms with E-state index >= 15 is 0 Å². The highest BCUT2D eigenvalue weighted by Gasteiger charge is 2.07. The van der Waals surface area contributed by atoms with E-state index in [1.807, 2.05) is 0 Å². The summed E-state index contributed by atoms with van der Waals surface area (Å²) in [5.41, 5.74) is 2.94. The van der Waals surface area contributed by atoms with E-state index in [4.69, 9.17) is 0 Å². The molecule has 0 radical (unpaired) electrons. The second kappa shape index (κ2) is 4.50. The van der Waals surface area contributed by atoms with Crippen molar-refractivity contribution >= 4 is 0 Å². The highest BCUT2D eigenvalue weighted by Crippen LogP contribution is 2.20. The fourth-order valence-electron chi connectivity index (χ4n) is 2.11. The van der Waals surface area contributed by atoms with Crippen LogP contribution in [-0.2, 0) is 0 Å². The smallest absolute Gasteiger partial charge is 0.0108 e. The molecular weight excluding hydrogens is 158 g/mol. The van der Waals surface area contributed by atoms with Crippen LogP contribution in [0.2, 0.25) is 0 Å². The van der Waals surface area contributed by atoms with E-state index < -0.39 is 0 Å². The Morgan fingerprint density at radius 2 is 1.31 bits per heavy atom. The molecule has 1 N–H and O–H groups in total. The third kappa shape index (κ3) is 2.61. The molecule has 2 rings (SSSR count). The summed E-state index contributed by atoms with van der Waals surface area (Å²) in [6.07, 6.45) is 15.3. The van der Waals surface area contributed by atoms with Gasteiger partial charge in [-0.3, -0.25) is 0 Å². The van der Waals surface area contributed by atoms with Gasteiger partial charge >= 0.3 is 0 Å². The van der Waals surface area contributed by atoms with Crippen molar-refractivity contribution in [3.05, 3.63) is 23.5 Å². The summed E-state index contributed by atoms with van der Waals surface area (Å²) < 4.78 is 0. The first-order chi connectivity index (χ1) is 6.45. The van der Waals surface area contributed by atoms with Gasteiger partial charge in [-0.2, -0.15) is 0 Å². The van der Waals surface area contributed by atoms with Gasteiger partial charge in [0.05, 0.1) is 0 Å². The molecule has 0 amide bonds. The zero-order valence-electron chi connectivity index (χ0n) is 8.31. The maximum atomic E-state index is 3.58. The fourth-order valence-corrected chi connectivity index (χ4v) is 2.11. The lowest BCUT2D eigenvalue weighted by atomic mass is 10.0. The Labute approximate surface area is 80.9 Å². The average Bonchev–Trinajstić information content (AvgIpc) is 2.21. The molecule has 2 aliphatic carbocycles. The molecular formula is C12H19N. The topological polar surface area (TPSA) is 12.0 Å². The van der Waals surface area contributed by atoms with Crippen molar-refractivity contribution in [3.63, 3.8) is 0 Å². The van der Waals surface area contributed by atoms with Crippen LogP contribution in [0.1, 0.15) is 51.4 Å². The molecule has 0 atom stereocenters. The van der Waals surface area contributed by atoms with Gasteiger partial charge in [-0.25, -0.2) is 0 Å². The van der Waals surface area contributed by atoms with Crippen molar-refractivity contribution in [2.75, 3.05) is 0 Å². The van der Waals surface area contributed by atoms with Crippen LogP contribution in [0, 0.1) is 0 Å². The first kappa shape index (κ1) is 8.86. The second-order valence-electron chi connectivity index (χ2n) is 4.08. The van der Waals surface area contributed by atoms with E-state index in [-0.39, 0.29) is 0 Å². The Balaban J connectivity index is 1.88. The number of nitrogens with one attached hydrogen (secondary N) is 1. The third-order valence-corrected chi connectivity index (χ3v) is 2.90. The number of allylic oxidation sites excluding steroid dienone is 4. The van der Waals surface area contributed by atoms with E-state index in [9.17, 15) is 0 Å². The number of hydrogen-bond donors (Lipinski definition) is 1. The van der Waals surface area contributed by atoms with Crippen LogP contribution >= 0.6 is 0 Å². The van der Waals surface area contributed by atoms with Gasteiger partial charge in [0.2, 0.25) is 0 Å². The van der Waals surface area contributed by atoms with Gasteiger partial charge in [-0.15, -0.1) is 0 Å². The summed E-state index contributed by atoms with van der Waals surface area (Å²) in [6.45, 7) is 0. The monoisotopic (exact) mass is 177 g/mol. The van der Waals surface area contributed by atoms with Gasteiger partial charge in [0, 0.05) is 11.4 Å². The summed E-state index contributed by atoms with van der Waals surface area (Å²) in [7, 11) is 0. The summed E-state index contributed by atoms with van der Waals surface area (Å²) in [6, 6.07) is 0. The first-order valence-electron chi connectivity index (χ1n) is 5.60. The summed E-state index contributed by atoms with van der Waals surface area (Å²) in [5, 5.41) is 3.58. The van der Waals surface area contributed by atoms with Crippen LogP contribution in [0.15, 0.2) is 23.5 Å². The normalized spacial score (nSPS) is 23.4. The van der Waals surface area contributed by atoms with Gasteiger partial charge < -0.3 is 5.32 Å². The third-order valence-electron chi connectivity index (χ3n) is 2.90. The van der Waals surface area contributed by atoms with Gasteiger partial charge in [-0.05, 0) is 51.4 Å². The van der Waals surface area contributed by atoms with E-state index in [1.165, 1.54) is 62.8 Å². The van der Waals surface area contributed by atoms with Crippen molar-refractivity contribution in [2.24, 2.45) is 0 Å². The van der Waals surface area contributed by atoms with Crippen LogP contribution in [0.4, 0.5) is 0 Å². The molecule has 0 aromatic rings. The van der Waals surface area contributed by atoms with E-state index in [0.717, 1.165) is 0 Å². The second-order valence-corrected chi connectivity index (χ2v) is 4.08. The summed E-state index contributed by atoms with van der Waals surface area (Å²) in [5.74, 6) is 0. The number of rotatable bonds is 2. The molecule has 0 aromatic carbocycles. The Kier molecular flexibility index (Phi) is 3.07. The minimum absolute atomic E-state index is 1.26. The van der Waals surface area contributed by atoms with E-state index in [2.05, 4.69) is 17.5 Å². The van der Waals surface area contributed by atoms with Crippen LogP contribution < -0.4 is 5.32 Å². The van der Waals surface area contributed by atoms with E-state index in [0.29, 0.717) is 0 Å². The van der Waals surface area contributed by atoms with Crippen molar-refractivity contribution < 1.29 is 0 Å². The SMILES string of the molecule is C1=C(NC2=CCCCC2)CCCC1. The molecule has 0 fully saturated rings. The summed E-state index contributed by atoms with van der Waals surface area (Å²) >= 11 is 0. The molecule has 0 bridgehead atoms. The molecule has 0 aliphatic heterocycles. The fraction of sp³-hybridized carbons (Fsp3) is 0.667. The van der Waals surface area contributed by atoms with E-state index in [1.54, 1.807) is 0 Å². The molecule has 0 heterocycles. The minimum atomic E-state index is 1.26. The minimum Gasteiger partial charge on any atom is -0.363 e. The molecule has 0 aromatic heterocycles. The highest BCUT2D eigenvalue weighted by molar-refractivity contribution is 5.14. The number of hydrogen-bond acceptors (Lipinski definition) is 1. The van der Waals surface area contributed by atoms with Crippen molar-refractivity contribution in [2.45, 2.75) is 51.4 Å². The predicted molar refractivity (Wildman–Crippen MR) is 56.2 cm³/mol. The van der Waals surface area contributed by atoms with Gasteiger partial charge in [-0.1, -0.05) is 12.2 Å². The Hall–Kier alpha value is -0.720. The van der Waals surface area contributed by atoms with Crippen molar-refractivity contribution in [1.82, 2.24) is 5.32 Å². The molecule has 0 unspecified atom stereocenters.